The van der Waals surface area contributed by atoms with Crippen LogP contribution in [0, 0.1) is 22.7 Å². The van der Waals surface area contributed by atoms with Gasteiger partial charge in [0.25, 0.3) is 0 Å². The van der Waals surface area contributed by atoms with Crippen molar-refractivity contribution < 1.29 is 24.6 Å². The third-order valence-corrected chi connectivity index (χ3v) is 9.85. The first-order valence-electron chi connectivity index (χ1n) is 5.15. The Labute approximate surface area is 93.4 Å². The summed E-state index contributed by atoms with van der Waals surface area (Å²) in [6, 6.07) is 4.35. The van der Waals surface area contributed by atoms with Gasteiger partial charge in [-0.05, 0) is 0 Å². The van der Waals surface area contributed by atoms with Gasteiger partial charge in [0.05, 0.1) is 0 Å². The van der Waals surface area contributed by atoms with Gasteiger partial charge in [0.15, 0.2) is 0 Å². The van der Waals surface area contributed by atoms with Crippen molar-refractivity contribution in [2.45, 2.75) is 46.4 Å². The van der Waals surface area contributed by atoms with Crippen LogP contribution in [0.3, 0.4) is 0 Å². The quantitative estimate of drug-likeness (QED) is 0.490. The number of hydrogen-bond acceptors (Lipinski definition) is 2. The number of nitrogens with zero attached hydrogens (tertiary/aromatic N) is 2. The van der Waals surface area contributed by atoms with Crippen molar-refractivity contribution in [2.24, 2.45) is 0 Å². The summed E-state index contributed by atoms with van der Waals surface area (Å²) >= 11 is -0.538. The van der Waals surface area contributed by atoms with Gasteiger partial charge in [-0.3, -0.25) is 0 Å². The van der Waals surface area contributed by atoms with E-state index in [2.05, 4.69) is 12.1 Å². The van der Waals surface area contributed by atoms with Crippen molar-refractivity contribution >= 4 is 0 Å². The van der Waals surface area contributed by atoms with Crippen molar-refractivity contribution in [3.8, 4) is 12.1 Å². The summed E-state index contributed by atoms with van der Waals surface area (Å²) < 4.78 is 2.93. The van der Waals surface area contributed by atoms with E-state index in [0.717, 1.165) is 25.7 Å². The van der Waals surface area contributed by atoms with Crippen LogP contribution in [0.15, 0.2) is 0 Å². The molecule has 68 valence electrons. The molecule has 0 amide bonds. The topological polar surface area (TPSA) is 47.6 Å². The Bertz CT molecular complexity index is 158. The number of unbranched alkanes of at least 4 members (excludes halogenated alkanes) is 4. The molecule has 13 heavy (non-hydrogen) atoms. The van der Waals surface area contributed by atoms with E-state index in [9.17, 15) is 0 Å². The summed E-state index contributed by atoms with van der Waals surface area (Å²) in [5.74, 6) is 0. The Morgan fingerprint density at radius 2 is 1.23 bits per heavy atom. The van der Waals surface area contributed by atoms with Crippen LogP contribution < -0.4 is 0 Å². The molecule has 0 aromatic rings. The zero-order valence-corrected chi connectivity index (χ0v) is 13.8. The molecule has 0 saturated carbocycles. The van der Waals surface area contributed by atoms with Crippen LogP contribution in [0.2, 0.25) is 7.86 Å². The second-order valence-electron chi connectivity index (χ2n) is 3.29. The van der Waals surface area contributed by atoms with Gasteiger partial charge in [-0.15, -0.1) is 0 Å². The Balaban J connectivity index is 2.85. The third kappa shape index (κ3) is 11.9. The monoisotopic (exact) mass is 366 g/mol. The first-order chi connectivity index (χ1) is 6.41. The van der Waals surface area contributed by atoms with Crippen LogP contribution in [0.5, 0.6) is 0 Å². The van der Waals surface area contributed by atoms with E-state index >= 15 is 0 Å². The van der Waals surface area contributed by atoms with Gasteiger partial charge in [-0.1, -0.05) is 0 Å². The van der Waals surface area contributed by atoms with Gasteiger partial charge in [-0.2, -0.15) is 0 Å². The van der Waals surface area contributed by atoms with Gasteiger partial charge in [0, 0.05) is 0 Å². The molecule has 3 heteroatoms. The van der Waals surface area contributed by atoms with E-state index in [1.165, 1.54) is 20.7 Å². The van der Waals surface area contributed by atoms with Gasteiger partial charge in [0.2, 0.25) is 0 Å². The second-order valence-corrected chi connectivity index (χ2v) is 11.5. The predicted octanol–water partition coefficient (Wildman–Crippen LogP) is 3.29. The summed E-state index contributed by atoms with van der Waals surface area (Å²) in [6.07, 6.45) is 6.26. The van der Waals surface area contributed by atoms with Gasteiger partial charge in [0.1, 0.15) is 0 Å². The molecule has 0 aromatic carbocycles. The molecule has 0 heterocycles. The summed E-state index contributed by atoms with van der Waals surface area (Å²) in [5, 5.41) is 16.6. The zero-order chi connectivity index (χ0) is 9.78. The zero-order valence-electron chi connectivity index (χ0n) is 8.26. The molecule has 0 N–H and O–H groups in total. The normalized spacial score (nSPS) is 8.46. The van der Waals surface area contributed by atoms with Crippen LogP contribution in [-0.4, -0.2) is 0 Å². The fourth-order valence-electron chi connectivity index (χ4n) is 1.29. The van der Waals surface area contributed by atoms with Crippen molar-refractivity contribution in [2.75, 3.05) is 0 Å². The minimum absolute atomic E-state index is 0.538. The standard InChI is InChI=1S/2C5H8N.Hg/c2*1-2-3-4-5-6;/h2*1-4H2;. The molecule has 0 aromatic heterocycles. The molecule has 0 unspecified atom stereocenters. The summed E-state index contributed by atoms with van der Waals surface area (Å²) in [4.78, 5) is 0. The Morgan fingerprint density at radius 1 is 0.769 bits per heavy atom. The van der Waals surface area contributed by atoms with E-state index in [0.29, 0.717) is 0 Å². The summed E-state index contributed by atoms with van der Waals surface area (Å²) in [5.41, 5.74) is 0. The van der Waals surface area contributed by atoms with E-state index in [1.54, 1.807) is 0 Å². The van der Waals surface area contributed by atoms with Crippen molar-refractivity contribution in [1.29, 1.82) is 10.5 Å². The average molecular weight is 365 g/mol. The molecule has 2 nitrogen and oxygen atoms in total. The fourth-order valence-corrected chi connectivity index (χ4v) is 8.16. The second kappa shape index (κ2) is 11.9. The van der Waals surface area contributed by atoms with Crippen molar-refractivity contribution in [3.63, 3.8) is 0 Å². The molecular weight excluding hydrogens is 349 g/mol. The van der Waals surface area contributed by atoms with Gasteiger partial charge in [-0.25, -0.2) is 0 Å². The first-order valence-corrected chi connectivity index (χ1v) is 12.9. The molecule has 0 radical (unpaired) electrons. The first kappa shape index (κ1) is 12.9. The van der Waals surface area contributed by atoms with E-state index in [-0.39, 0.29) is 0 Å². The molecule has 0 aliphatic carbocycles. The van der Waals surface area contributed by atoms with Crippen LogP contribution in [-0.2, 0) is 24.6 Å². The maximum absolute atomic E-state index is 8.30. The fraction of sp³-hybridized carbons (Fsp3) is 0.800. The molecular formula is C10H16HgN2. The van der Waals surface area contributed by atoms with Crippen LogP contribution in [0.1, 0.15) is 38.5 Å². The van der Waals surface area contributed by atoms with Gasteiger partial charge >= 0.3 is 93.6 Å². The number of rotatable bonds is 8. The molecule has 0 rings (SSSR count). The van der Waals surface area contributed by atoms with Crippen molar-refractivity contribution in [1.82, 2.24) is 0 Å². The minimum atomic E-state index is -0.538. The molecule has 0 spiro atoms. The van der Waals surface area contributed by atoms with Crippen LogP contribution in [0.25, 0.3) is 0 Å². The Morgan fingerprint density at radius 3 is 1.62 bits per heavy atom. The molecule has 0 fully saturated rings. The van der Waals surface area contributed by atoms with Gasteiger partial charge < -0.3 is 0 Å². The summed E-state index contributed by atoms with van der Waals surface area (Å²) in [6.45, 7) is 0. The van der Waals surface area contributed by atoms with E-state index in [1.807, 2.05) is 0 Å². The van der Waals surface area contributed by atoms with Crippen LogP contribution >= 0.6 is 0 Å². The number of nitriles is 2. The van der Waals surface area contributed by atoms with E-state index < -0.39 is 24.6 Å². The molecule has 0 bridgehead atoms. The Hall–Kier alpha value is -0.0849. The molecule has 0 aliphatic rings. The average Bonchev–Trinajstić information content (AvgIpc) is 2.16. The Kier molecular flexibility index (Phi) is 11.8. The van der Waals surface area contributed by atoms with Crippen LogP contribution in [0.4, 0.5) is 0 Å². The molecule has 0 aliphatic heterocycles. The molecule has 0 atom stereocenters. The SMILES string of the molecule is N#CCCC[CH2][Hg][CH2]CCCC#N. The third-order valence-electron chi connectivity index (χ3n) is 2.08. The number of hydrogen-bond donors (Lipinski definition) is 0. The summed E-state index contributed by atoms with van der Waals surface area (Å²) in [7, 11) is 0. The van der Waals surface area contributed by atoms with Crippen molar-refractivity contribution in [3.05, 3.63) is 0 Å². The molecule has 0 saturated heterocycles. The van der Waals surface area contributed by atoms with E-state index in [4.69, 9.17) is 10.5 Å². The maximum atomic E-state index is 8.30. The predicted molar refractivity (Wildman–Crippen MR) is 48.5 cm³/mol.